The number of rotatable bonds is 6. The molecule has 1 aliphatic rings. The first-order valence-electron chi connectivity index (χ1n) is 6.93. The predicted octanol–water partition coefficient (Wildman–Crippen LogP) is 2.79. The molecule has 1 aromatic rings. The quantitative estimate of drug-likeness (QED) is 0.349. The summed E-state index contributed by atoms with van der Waals surface area (Å²) in [7, 11) is 1.65. The van der Waals surface area contributed by atoms with Crippen molar-refractivity contribution in [1.29, 1.82) is 0 Å². The topological polar surface area (TPSA) is 61.8 Å². The third kappa shape index (κ3) is 12.9. The van der Waals surface area contributed by atoms with Crippen LogP contribution in [-0.4, -0.2) is 38.9 Å². The second-order valence-corrected chi connectivity index (χ2v) is 4.04. The van der Waals surface area contributed by atoms with E-state index < -0.39 is 11.9 Å². The predicted molar refractivity (Wildman–Crippen MR) is 89.7 cm³/mol. The summed E-state index contributed by atoms with van der Waals surface area (Å²) in [6.07, 6.45) is 5.72. The molecule has 1 heterocycles. The minimum atomic E-state index is -0.579. The fraction of sp³-hybridized carbons (Fsp3) is 0.222. The van der Waals surface area contributed by atoms with E-state index in [0.717, 1.165) is 12.2 Å². The molecule has 1 aliphatic heterocycles. The van der Waals surface area contributed by atoms with Crippen LogP contribution < -0.4 is 0 Å². The lowest BCUT2D eigenvalue weighted by Crippen LogP contribution is -2.00. The van der Waals surface area contributed by atoms with E-state index in [9.17, 15) is 9.59 Å². The zero-order chi connectivity index (χ0) is 17.3. The van der Waals surface area contributed by atoms with Crippen LogP contribution in [0.15, 0.2) is 61.7 Å². The second kappa shape index (κ2) is 14.4. The van der Waals surface area contributed by atoms with Crippen LogP contribution in [0.25, 0.3) is 6.08 Å². The Morgan fingerprint density at radius 3 is 2.00 bits per heavy atom. The molecule has 0 N–H and O–H groups in total. The van der Waals surface area contributed by atoms with Crippen molar-refractivity contribution in [2.45, 2.75) is 0 Å². The number of benzene rings is 1. The Morgan fingerprint density at radius 2 is 1.65 bits per heavy atom. The van der Waals surface area contributed by atoms with Gasteiger partial charge in [-0.3, -0.25) is 0 Å². The molecule has 5 nitrogen and oxygen atoms in total. The summed E-state index contributed by atoms with van der Waals surface area (Å²) >= 11 is 0. The Hall–Kier alpha value is -2.50. The normalized spacial score (nSPS) is 11.5. The Balaban J connectivity index is 0.000000316. The van der Waals surface area contributed by atoms with Crippen LogP contribution in [0, 0.1) is 0 Å². The van der Waals surface area contributed by atoms with Gasteiger partial charge in [0.2, 0.25) is 0 Å². The third-order valence-corrected chi connectivity index (χ3v) is 2.26. The molecule has 0 atom stereocenters. The Labute approximate surface area is 136 Å². The number of carbonyl (C=O) groups is 2. The lowest BCUT2D eigenvalue weighted by molar-refractivity contribution is -0.150. The minimum Gasteiger partial charge on any atom is -0.387 e. The van der Waals surface area contributed by atoms with Crippen molar-refractivity contribution in [3.8, 4) is 0 Å². The summed E-state index contributed by atoms with van der Waals surface area (Å²) in [5.41, 5.74) is 1.17. The number of carbonyl (C=O) groups excluding carboxylic acids is 2. The van der Waals surface area contributed by atoms with Gasteiger partial charge in [0.25, 0.3) is 0 Å². The molecule has 0 aliphatic carbocycles. The molecule has 0 amide bonds. The van der Waals surface area contributed by atoms with Gasteiger partial charge in [-0.05, 0) is 5.56 Å². The van der Waals surface area contributed by atoms with E-state index in [0.29, 0.717) is 19.8 Å². The molecule has 124 valence electrons. The van der Waals surface area contributed by atoms with Crippen molar-refractivity contribution in [3.05, 3.63) is 67.3 Å². The van der Waals surface area contributed by atoms with Crippen LogP contribution in [0.5, 0.6) is 0 Å². The van der Waals surface area contributed by atoms with Gasteiger partial charge in [-0.1, -0.05) is 49.1 Å². The van der Waals surface area contributed by atoms with Crippen LogP contribution in [0.2, 0.25) is 0 Å². The van der Waals surface area contributed by atoms with Crippen LogP contribution in [-0.2, 0) is 23.8 Å². The lowest BCUT2D eigenvalue weighted by atomic mass is 10.2. The highest BCUT2D eigenvalue weighted by molar-refractivity contribution is 6.04. The smallest absolute Gasteiger partial charge is 0.338 e. The van der Waals surface area contributed by atoms with Gasteiger partial charge < -0.3 is 14.2 Å². The second-order valence-electron chi connectivity index (χ2n) is 4.04. The van der Waals surface area contributed by atoms with E-state index >= 15 is 0 Å². The maximum atomic E-state index is 9.92. The molecule has 2 rings (SSSR count). The van der Waals surface area contributed by atoms with Gasteiger partial charge in [-0.2, -0.15) is 0 Å². The average Bonchev–Trinajstić information content (AvgIpc) is 2.97. The van der Waals surface area contributed by atoms with Crippen LogP contribution in [0.1, 0.15) is 5.56 Å². The van der Waals surface area contributed by atoms with Crippen molar-refractivity contribution in [2.75, 3.05) is 26.9 Å². The fourth-order valence-corrected chi connectivity index (χ4v) is 1.20. The third-order valence-electron chi connectivity index (χ3n) is 2.26. The van der Waals surface area contributed by atoms with E-state index in [-0.39, 0.29) is 0 Å². The Bertz CT molecular complexity index is 489. The highest BCUT2D eigenvalue weighted by Gasteiger charge is 2.10. The standard InChI is InChI=1S/C8H8.C6H12O2.C4H2O3/c1-2-8-6-4-3-5-7-8;1-3-4-8-6-5-7-2;5-3-1-2-4(6)7-3/h2-7H,1H2;3H,1,4-6H2,2H3;1-2H. The SMILES string of the molecule is C=CCOCCOC.C=Cc1ccccc1.O=C1C=CC(=O)O1. The maximum Gasteiger partial charge on any atom is 0.338 e. The van der Waals surface area contributed by atoms with Crippen molar-refractivity contribution in [3.63, 3.8) is 0 Å². The van der Waals surface area contributed by atoms with Gasteiger partial charge in [0.15, 0.2) is 0 Å². The summed E-state index contributed by atoms with van der Waals surface area (Å²) in [6, 6.07) is 10.0. The Kier molecular flexibility index (Phi) is 12.9. The highest BCUT2D eigenvalue weighted by Crippen LogP contribution is 1.97. The summed E-state index contributed by atoms with van der Waals surface area (Å²) in [5.74, 6) is -1.16. The summed E-state index contributed by atoms with van der Waals surface area (Å²) in [4.78, 5) is 19.8. The maximum absolute atomic E-state index is 9.92. The molecule has 0 saturated carbocycles. The first-order valence-corrected chi connectivity index (χ1v) is 6.93. The van der Waals surface area contributed by atoms with Crippen molar-refractivity contribution < 1.29 is 23.8 Å². The average molecular weight is 318 g/mol. The molecule has 5 heteroatoms. The van der Waals surface area contributed by atoms with Gasteiger partial charge in [-0.15, -0.1) is 6.58 Å². The van der Waals surface area contributed by atoms with Gasteiger partial charge in [-0.25, -0.2) is 9.59 Å². The van der Waals surface area contributed by atoms with E-state index in [1.165, 1.54) is 5.56 Å². The highest BCUT2D eigenvalue weighted by atomic mass is 16.6. The van der Waals surface area contributed by atoms with E-state index in [2.05, 4.69) is 17.9 Å². The van der Waals surface area contributed by atoms with Gasteiger partial charge >= 0.3 is 11.9 Å². The molecular formula is C18H22O5. The lowest BCUT2D eigenvalue weighted by Gasteiger charge is -1.96. The molecule has 0 saturated heterocycles. The van der Waals surface area contributed by atoms with Gasteiger partial charge in [0.1, 0.15) is 0 Å². The molecule has 0 unspecified atom stereocenters. The van der Waals surface area contributed by atoms with E-state index in [1.807, 2.05) is 36.4 Å². The number of hydrogen-bond acceptors (Lipinski definition) is 5. The van der Waals surface area contributed by atoms with Crippen molar-refractivity contribution >= 4 is 18.0 Å². The molecule has 0 bridgehead atoms. The summed E-state index contributed by atoms with van der Waals surface area (Å²) in [6.45, 7) is 9.05. The molecule has 0 radical (unpaired) electrons. The molecule has 0 aromatic heterocycles. The molecular weight excluding hydrogens is 296 g/mol. The molecule has 0 spiro atoms. The first kappa shape index (κ1) is 20.5. The van der Waals surface area contributed by atoms with Crippen molar-refractivity contribution in [1.82, 2.24) is 0 Å². The Morgan fingerprint density at radius 1 is 1.04 bits per heavy atom. The number of hydrogen-bond donors (Lipinski definition) is 0. The number of esters is 2. The molecule has 1 aromatic carbocycles. The van der Waals surface area contributed by atoms with Gasteiger partial charge in [0, 0.05) is 19.3 Å². The van der Waals surface area contributed by atoms with E-state index in [4.69, 9.17) is 9.47 Å². The van der Waals surface area contributed by atoms with Crippen LogP contribution in [0.4, 0.5) is 0 Å². The largest absolute Gasteiger partial charge is 0.387 e. The van der Waals surface area contributed by atoms with Crippen LogP contribution >= 0.6 is 0 Å². The first-order chi connectivity index (χ1) is 11.1. The zero-order valence-corrected chi connectivity index (χ0v) is 13.3. The van der Waals surface area contributed by atoms with E-state index in [1.54, 1.807) is 13.2 Å². The van der Waals surface area contributed by atoms with Crippen LogP contribution in [0.3, 0.4) is 0 Å². The minimum absolute atomic E-state index is 0.579. The monoisotopic (exact) mass is 318 g/mol. The van der Waals surface area contributed by atoms with Gasteiger partial charge in [0.05, 0.1) is 19.8 Å². The van der Waals surface area contributed by atoms with Crippen molar-refractivity contribution in [2.24, 2.45) is 0 Å². The zero-order valence-electron chi connectivity index (χ0n) is 13.3. The number of ether oxygens (including phenoxy) is 3. The molecule has 23 heavy (non-hydrogen) atoms. The fourth-order valence-electron chi connectivity index (χ4n) is 1.20. The number of cyclic esters (lactones) is 2. The summed E-state index contributed by atoms with van der Waals surface area (Å²) < 4.78 is 13.7. The number of methoxy groups -OCH3 is 1. The summed E-state index contributed by atoms with van der Waals surface area (Å²) in [5, 5.41) is 0. The molecule has 0 fully saturated rings.